The summed E-state index contributed by atoms with van der Waals surface area (Å²) in [6.07, 6.45) is 4.20. The zero-order valence-electron chi connectivity index (χ0n) is 15.0. The van der Waals surface area contributed by atoms with Crippen LogP contribution in [0, 0.1) is 0 Å². The van der Waals surface area contributed by atoms with Gasteiger partial charge in [-0.05, 0) is 71.3 Å². The van der Waals surface area contributed by atoms with Crippen molar-refractivity contribution < 1.29 is 13.0 Å². The van der Waals surface area contributed by atoms with Gasteiger partial charge in [-0.1, -0.05) is 6.08 Å². The van der Waals surface area contributed by atoms with Crippen LogP contribution < -0.4 is 5.32 Å². The van der Waals surface area contributed by atoms with E-state index in [4.69, 9.17) is 8.23 Å². The van der Waals surface area contributed by atoms with Crippen molar-refractivity contribution in [2.45, 2.75) is 65.2 Å². The first-order chi connectivity index (χ1) is 9.37. The Morgan fingerprint density at radius 3 is 1.86 bits per heavy atom. The number of amides is 1. The van der Waals surface area contributed by atoms with Crippen LogP contribution in [0.5, 0.6) is 0 Å². The first-order valence-electron chi connectivity index (χ1n) is 7.68. The van der Waals surface area contributed by atoms with E-state index in [1.54, 1.807) is 12.2 Å². The summed E-state index contributed by atoms with van der Waals surface area (Å²) in [5.41, 5.74) is 0. The second-order valence-corrected chi connectivity index (χ2v) is 20.3. The number of carbonyl (C=O) groups is 1. The van der Waals surface area contributed by atoms with Crippen molar-refractivity contribution in [1.29, 1.82) is 0 Å². The molecule has 21 heavy (non-hydrogen) atoms. The third-order valence-corrected chi connectivity index (χ3v) is 12.1. The van der Waals surface area contributed by atoms with Crippen molar-refractivity contribution in [2.75, 3.05) is 6.54 Å². The van der Waals surface area contributed by atoms with Gasteiger partial charge in [0, 0.05) is 6.54 Å². The van der Waals surface area contributed by atoms with E-state index in [-0.39, 0.29) is 5.91 Å². The molecule has 0 aromatic heterocycles. The predicted octanol–water partition coefficient (Wildman–Crippen LogP) is 3.84. The Morgan fingerprint density at radius 1 is 1.00 bits per heavy atom. The van der Waals surface area contributed by atoms with E-state index >= 15 is 0 Å². The van der Waals surface area contributed by atoms with Gasteiger partial charge in [0.25, 0.3) is 0 Å². The first kappa shape index (κ1) is 20.8. The van der Waals surface area contributed by atoms with Crippen LogP contribution in [-0.2, 0) is 13.0 Å². The number of rotatable bonds is 9. The number of carbonyl (C=O) groups excluding carboxylic acids is 1. The fourth-order valence-electron chi connectivity index (χ4n) is 2.25. The zero-order chi connectivity index (χ0) is 16.7. The highest BCUT2D eigenvalue weighted by molar-refractivity contribution is 6.87. The lowest BCUT2D eigenvalue weighted by atomic mass is 10.4. The molecule has 4 nitrogen and oxygen atoms in total. The summed E-state index contributed by atoms with van der Waals surface area (Å²) in [4.78, 5) is 11.4. The van der Waals surface area contributed by atoms with Crippen LogP contribution >= 0.6 is 0 Å². The molecule has 0 bridgehead atoms. The quantitative estimate of drug-likeness (QED) is 0.391. The summed E-state index contributed by atoms with van der Waals surface area (Å²) in [5.74, 6) is -0.0295. The molecule has 7 heteroatoms. The lowest BCUT2D eigenvalue weighted by Gasteiger charge is -2.38. The van der Waals surface area contributed by atoms with E-state index in [0.717, 1.165) is 12.5 Å². The highest BCUT2D eigenvalue weighted by Crippen LogP contribution is 2.25. The molecule has 0 aliphatic rings. The van der Waals surface area contributed by atoms with Crippen molar-refractivity contribution in [2.24, 2.45) is 0 Å². The van der Waals surface area contributed by atoms with Crippen LogP contribution in [-0.4, -0.2) is 37.6 Å². The largest absolute Gasteiger partial charge is 0.437 e. The SMILES string of the molecule is CC=CC(=O)NCCC[Si](C)(O[Si](C)(C)C)O[Si](C)(C)C. The van der Waals surface area contributed by atoms with E-state index in [9.17, 15) is 4.79 Å². The molecule has 0 saturated carbocycles. The van der Waals surface area contributed by atoms with E-state index in [1.807, 2.05) is 6.92 Å². The molecule has 0 aromatic rings. The average Bonchev–Trinajstić information content (AvgIpc) is 2.19. The molecule has 0 atom stereocenters. The fraction of sp³-hybridized carbons (Fsp3) is 0.786. The van der Waals surface area contributed by atoms with Gasteiger partial charge < -0.3 is 13.5 Å². The standard InChI is InChI=1S/C14H33NO3Si3/c1-9-11-14(16)15-12-10-13-21(8,17-19(2,3)4)18-20(5,6)7/h9,11H,10,12-13H2,1-8H3,(H,15,16). The Balaban J connectivity index is 4.52. The second kappa shape index (κ2) is 8.42. The van der Waals surface area contributed by atoms with Crippen molar-refractivity contribution in [3.05, 3.63) is 12.2 Å². The third-order valence-electron chi connectivity index (χ3n) is 2.47. The van der Waals surface area contributed by atoms with Gasteiger partial charge in [0.2, 0.25) is 5.91 Å². The van der Waals surface area contributed by atoms with Crippen LogP contribution in [0.2, 0.25) is 51.9 Å². The van der Waals surface area contributed by atoms with E-state index in [0.29, 0.717) is 6.54 Å². The number of hydrogen-bond acceptors (Lipinski definition) is 3. The van der Waals surface area contributed by atoms with Gasteiger partial charge >= 0.3 is 8.56 Å². The van der Waals surface area contributed by atoms with Gasteiger partial charge in [-0.3, -0.25) is 4.79 Å². The van der Waals surface area contributed by atoms with Crippen molar-refractivity contribution in [3.63, 3.8) is 0 Å². The molecule has 0 heterocycles. The molecule has 124 valence electrons. The van der Waals surface area contributed by atoms with Crippen LogP contribution in [0.15, 0.2) is 12.2 Å². The Morgan fingerprint density at radius 2 is 1.48 bits per heavy atom. The second-order valence-electron chi connectivity index (χ2n) is 7.46. The summed E-state index contributed by atoms with van der Waals surface area (Å²) < 4.78 is 12.8. The molecule has 1 amide bonds. The third kappa shape index (κ3) is 12.1. The van der Waals surface area contributed by atoms with Gasteiger partial charge in [-0.2, -0.15) is 0 Å². The maximum absolute atomic E-state index is 11.4. The smallest absolute Gasteiger partial charge is 0.314 e. The summed E-state index contributed by atoms with van der Waals surface area (Å²) in [5, 5.41) is 2.89. The van der Waals surface area contributed by atoms with Gasteiger partial charge in [0.1, 0.15) is 0 Å². The van der Waals surface area contributed by atoms with Gasteiger partial charge in [0.15, 0.2) is 16.6 Å². The van der Waals surface area contributed by atoms with E-state index < -0.39 is 25.2 Å². The van der Waals surface area contributed by atoms with Crippen LogP contribution in [0.4, 0.5) is 0 Å². The molecule has 0 spiro atoms. The summed E-state index contributed by atoms with van der Waals surface area (Å²) in [6, 6.07) is 0.928. The summed E-state index contributed by atoms with van der Waals surface area (Å²) in [6.45, 7) is 17.9. The molecule has 0 unspecified atom stereocenters. The molecule has 0 radical (unpaired) electrons. The minimum Gasteiger partial charge on any atom is -0.437 e. The van der Waals surface area contributed by atoms with Crippen LogP contribution in [0.3, 0.4) is 0 Å². The Hall–Kier alpha value is -0.219. The minimum atomic E-state index is -2.16. The zero-order valence-corrected chi connectivity index (χ0v) is 18.0. The highest BCUT2D eigenvalue weighted by atomic mass is 28.5. The number of allylic oxidation sites excluding steroid dienone is 1. The molecular formula is C14H33NO3Si3. The Bertz CT molecular complexity index is 343. The lowest BCUT2D eigenvalue weighted by Crippen LogP contribution is -2.52. The lowest BCUT2D eigenvalue weighted by molar-refractivity contribution is -0.116. The Labute approximate surface area is 133 Å². The minimum absolute atomic E-state index is 0.0295. The fourth-order valence-corrected chi connectivity index (χ4v) is 14.8. The van der Waals surface area contributed by atoms with Crippen LogP contribution in [0.25, 0.3) is 0 Å². The topological polar surface area (TPSA) is 47.6 Å². The number of hydrogen-bond donors (Lipinski definition) is 1. The molecular weight excluding hydrogens is 314 g/mol. The first-order valence-corrected chi connectivity index (χ1v) is 17.0. The maximum Gasteiger partial charge on any atom is 0.314 e. The Kier molecular flexibility index (Phi) is 8.33. The van der Waals surface area contributed by atoms with Crippen molar-refractivity contribution in [3.8, 4) is 0 Å². The molecule has 1 N–H and O–H groups in total. The van der Waals surface area contributed by atoms with E-state index in [2.05, 4.69) is 51.1 Å². The predicted molar refractivity (Wildman–Crippen MR) is 97.7 cm³/mol. The van der Waals surface area contributed by atoms with E-state index in [1.165, 1.54) is 0 Å². The summed E-state index contributed by atoms with van der Waals surface area (Å²) in [7, 11) is -5.41. The van der Waals surface area contributed by atoms with Crippen LogP contribution in [0.1, 0.15) is 13.3 Å². The molecule has 0 aromatic carbocycles. The molecule has 0 fully saturated rings. The van der Waals surface area contributed by atoms with Gasteiger partial charge in [0.05, 0.1) is 0 Å². The van der Waals surface area contributed by atoms with Gasteiger partial charge in [-0.15, -0.1) is 0 Å². The van der Waals surface area contributed by atoms with Gasteiger partial charge in [-0.25, -0.2) is 0 Å². The monoisotopic (exact) mass is 347 g/mol. The molecule has 0 rings (SSSR count). The highest BCUT2D eigenvalue weighted by Gasteiger charge is 2.39. The molecule has 0 saturated heterocycles. The van der Waals surface area contributed by atoms with Crippen molar-refractivity contribution >= 4 is 31.1 Å². The summed E-state index contributed by atoms with van der Waals surface area (Å²) >= 11 is 0. The number of nitrogens with one attached hydrogen (secondary N) is 1. The average molecular weight is 348 g/mol. The molecule has 0 aliphatic carbocycles. The van der Waals surface area contributed by atoms with Crippen molar-refractivity contribution in [1.82, 2.24) is 5.32 Å². The maximum atomic E-state index is 11.4. The molecule has 0 aliphatic heterocycles. The normalized spacial score (nSPS) is 13.7.